The van der Waals surface area contributed by atoms with Gasteiger partial charge in [-0.15, -0.1) is 11.3 Å². The van der Waals surface area contributed by atoms with E-state index < -0.39 is 10.0 Å². The summed E-state index contributed by atoms with van der Waals surface area (Å²) >= 11 is 1.83. The van der Waals surface area contributed by atoms with E-state index in [1.54, 1.807) is 12.1 Å². The molecule has 1 saturated heterocycles. The first kappa shape index (κ1) is 22.7. The minimum Gasteiger partial charge on any atom is -0.370 e. The van der Waals surface area contributed by atoms with Crippen molar-refractivity contribution in [3.8, 4) is 0 Å². The molecule has 33 heavy (non-hydrogen) atoms. The minimum atomic E-state index is -3.67. The zero-order chi connectivity index (χ0) is 22.8. The van der Waals surface area contributed by atoms with Crippen LogP contribution in [-0.2, 0) is 40.6 Å². The van der Waals surface area contributed by atoms with Crippen LogP contribution in [0.5, 0.6) is 0 Å². The van der Waals surface area contributed by atoms with Gasteiger partial charge in [-0.1, -0.05) is 12.1 Å². The second-order valence-corrected chi connectivity index (χ2v) is 11.4. The van der Waals surface area contributed by atoms with Crippen molar-refractivity contribution >= 4 is 37.4 Å². The van der Waals surface area contributed by atoms with Crippen molar-refractivity contribution in [3.63, 3.8) is 0 Å². The Morgan fingerprint density at radius 2 is 1.85 bits per heavy atom. The largest absolute Gasteiger partial charge is 0.370 e. The van der Waals surface area contributed by atoms with Gasteiger partial charge in [0.2, 0.25) is 10.0 Å². The van der Waals surface area contributed by atoms with Gasteiger partial charge in [-0.2, -0.15) is 0 Å². The molecule has 1 fully saturated rings. The molecule has 4 N–H and O–H groups in total. The number of hydrogen-bond acceptors (Lipinski definition) is 7. The number of nitrogens with zero attached hydrogens (tertiary/aromatic N) is 2. The maximum absolute atomic E-state index is 11.5. The summed E-state index contributed by atoms with van der Waals surface area (Å²) in [6.45, 7) is 5.07. The number of ether oxygens (including phenoxy) is 1. The molecule has 2 aromatic heterocycles. The quantitative estimate of drug-likeness (QED) is 0.462. The summed E-state index contributed by atoms with van der Waals surface area (Å²) in [6, 6.07) is 6.76. The molecule has 0 bridgehead atoms. The van der Waals surface area contributed by atoms with Gasteiger partial charge >= 0.3 is 0 Å². The number of primary sulfonamides is 1. The van der Waals surface area contributed by atoms with Gasteiger partial charge in [-0.3, -0.25) is 0 Å². The maximum atomic E-state index is 11.5. The molecule has 0 atom stereocenters. The molecule has 0 unspecified atom stereocenters. The Morgan fingerprint density at radius 1 is 1.09 bits per heavy atom. The predicted molar refractivity (Wildman–Crippen MR) is 129 cm³/mol. The van der Waals surface area contributed by atoms with E-state index >= 15 is 0 Å². The third kappa shape index (κ3) is 5.20. The lowest BCUT2D eigenvalue weighted by atomic mass is 9.97. The SMILES string of the molecule is NS(=O)(=O)c1ccc(CCNc2nc(C[NH+]3CCOCC3)nc3sc4c(c23)CCCC4)cc1. The number of nitrogens with one attached hydrogen (secondary N) is 2. The van der Waals surface area contributed by atoms with E-state index in [2.05, 4.69) is 5.32 Å². The Bertz CT molecular complexity index is 1240. The Morgan fingerprint density at radius 3 is 2.61 bits per heavy atom. The molecular weight excluding hydrogens is 458 g/mol. The summed E-state index contributed by atoms with van der Waals surface area (Å²) in [5.74, 6) is 1.82. The fourth-order valence-corrected chi connectivity index (χ4v) is 6.44. The maximum Gasteiger partial charge on any atom is 0.238 e. The van der Waals surface area contributed by atoms with E-state index in [0.29, 0.717) is 6.54 Å². The number of nitrogens with two attached hydrogens (primary N) is 1. The number of hydrogen-bond donors (Lipinski definition) is 3. The number of aromatic nitrogens is 2. The van der Waals surface area contributed by atoms with Crippen LogP contribution in [0.1, 0.15) is 34.7 Å². The summed E-state index contributed by atoms with van der Waals surface area (Å²) in [5.41, 5.74) is 2.47. The van der Waals surface area contributed by atoms with Crippen LogP contribution in [-0.4, -0.2) is 51.2 Å². The molecule has 3 aromatic rings. The third-order valence-electron chi connectivity index (χ3n) is 6.43. The smallest absolute Gasteiger partial charge is 0.238 e. The molecule has 0 spiro atoms. The molecule has 8 nitrogen and oxygen atoms in total. The lowest BCUT2D eigenvalue weighted by Crippen LogP contribution is -3.12. The summed E-state index contributed by atoms with van der Waals surface area (Å²) in [7, 11) is -3.67. The van der Waals surface area contributed by atoms with Crippen LogP contribution in [0.4, 0.5) is 5.82 Å². The Kier molecular flexibility index (Phi) is 6.62. The van der Waals surface area contributed by atoms with Crippen LogP contribution in [0, 0.1) is 0 Å². The highest BCUT2D eigenvalue weighted by atomic mass is 32.2. The topological polar surface area (TPSA) is 112 Å². The molecule has 3 heterocycles. The van der Waals surface area contributed by atoms with Crippen molar-refractivity contribution < 1.29 is 18.1 Å². The predicted octanol–water partition coefficient (Wildman–Crippen LogP) is 1.29. The lowest BCUT2D eigenvalue weighted by molar-refractivity contribution is -0.922. The van der Waals surface area contributed by atoms with Crippen molar-refractivity contribution in [1.82, 2.24) is 9.97 Å². The Balaban J connectivity index is 1.37. The van der Waals surface area contributed by atoms with Gasteiger partial charge in [0.15, 0.2) is 5.82 Å². The number of fused-ring (bicyclic) bond motifs is 3. The van der Waals surface area contributed by atoms with Gasteiger partial charge in [-0.05, 0) is 55.4 Å². The van der Waals surface area contributed by atoms with Crippen LogP contribution in [0.3, 0.4) is 0 Å². The van der Waals surface area contributed by atoms with Crippen LogP contribution in [0.2, 0.25) is 0 Å². The number of thiophene rings is 1. The van der Waals surface area contributed by atoms with Crippen LogP contribution < -0.4 is 15.4 Å². The van der Waals surface area contributed by atoms with E-state index in [1.807, 2.05) is 23.5 Å². The number of benzene rings is 1. The molecule has 1 aliphatic heterocycles. The Hall–Kier alpha value is -2.11. The second kappa shape index (κ2) is 9.63. The fraction of sp³-hybridized carbons (Fsp3) is 0.478. The zero-order valence-electron chi connectivity index (χ0n) is 18.6. The zero-order valence-corrected chi connectivity index (χ0v) is 20.2. The average Bonchev–Trinajstić information content (AvgIpc) is 3.18. The van der Waals surface area contributed by atoms with Crippen molar-refractivity contribution in [2.45, 2.75) is 43.5 Å². The first-order valence-electron chi connectivity index (χ1n) is 11.6. The van der Waals surface area contributed by atoms with Crippen LogP contribution in [0.15, 0.2) is 29.2 Å². The van der Waals surface area contributed by atoms with Gasteiger partial charge in [0.05, 0.1) is 23.5 Å². The number of rotatable bonds is 7. The summed E-state index contributed by atoms with van der Waals surface area (Å²) in [5, 5.41) is 9.97. The number of sulfonamides is 1. The molecule has 5 rings (SSSR count). The highest BCUT2D eigenvalue weighted by molar-refractivity contribution is 7.89. The lowest BCUT2D eigenvalue weighted by Gasteiger charge is -2.23. The van der Waals surface area contributed by atoms with Gasteiger partial charge in [0, 0.05) is 11.4 Å². The minimum absolute atomic E-state index is 0.136. The fourth-order valence-electron chi connectivity index (χ4n) is 4.64. The van der Waals surface area contributed by atoms with Gasteiger partial charge in [-0.25, -0.2) is 23.5 Å². The van der Waals surface area contributed by atoms with E-state index in [9.17, 15) is 8.42 Å². The average molecular weight is 489 g/mol. The molecule has 10 heteroatoms. The van der Waals surface area contributed by atoms with Crippen molar-refractivity contribution in [1.29, 1.82) is 0 Å². The number of anilines is 1. The number of quaternary nitrogens is 1. The first-order valence-corrected chi connectivity index (χ1v) is 13.9. The van der Waals surface area contributed by atoms with Crippen molar-refractivity contribution in [2.24, 2.45) is 5.14 Å². The Labute approximate surface area is 198 Å². The highest BCUT2D eigenvalue weighted by Crippen LogP contribution is 2.38. The van der Waals surface area contributed by atoms with E-state index in [-0.39, 0.29) is 4.90 Å². The summed E-state index contributed by atoms with van der Waals surface area (Å²) < 4.78 is 28.5. The van der Waals surface area contributed by atoms with Crippen molar-refractivity contribution in [3.05, 3.63) is 46.1 Å². The molecule has 0 amide bonds. The van der Waals surface area contributed by atoms with E-state index in [0.717, 1.165) is 74.1 Å². The molecule has 176 valence electrons. The van der Waals surface area contributed by atoms with Crippen LogP contribution >= 0.6 is 11.3 Å². The highest BCUT2D eigenvalue weighted by Gasteiger charge is 2.23. The molecule has 0 saturated carbocycles. The van der Waals surface area contributed by atoms with Crippen molar-refractivity contribution in [2.75, 3.05) is 38.2 Å². The number of aryl methyl sites for hydroxylation is 2. The standard InChI is InChI=1S/C23H29N5O3S2/c24-33(29,30)17-7-5-16(6-8-17)9-10-25-22-21-18-3-1-2-4-19(18)32-23(21)27-20(26-22)15-28-11-13-31-14-12-28/h5-8H,1-4,9-15H2,(H2,24,29,30)(H,25,26,27)/p+1. The molecule has 1 aliphatic carbocycles. The summed E-state index contributed by atoms with van der Waals surface area (Å²) in [6.07, 6.45) is 5.45. The molecular formula is C23H30N5O3S2+. The number of morpholine rings is 1. The monoisotopic (exact) mass is 488 g/mol. The third-order valence-corrected chi connectivity index (χ3v) is 8.54. The second-order valence-electron chi connectivity index (χ2n) is 8.78. The van der Waals surface area contributed by atoms with E-state index in [1.165, 1.54) is 33.6 Å². The summed E-state index contributed by atoms with van der Waals surface area (Å²) in [4.78, 5) is 14.1. The molecule has 0 radical (unpaired) electrons. The van der Waals surface area contributed by atoms with Crippen LogP contribution in [0.25, 0.3) is 10.2 Å². The van der Waals surface area contributed by atoms with Gasteiger partial charge < -0.3 is 15.0 Å². The molecule has 1 aromatic carbocycles. The molecule has 2 aliphatic rings. The van der Waals surface area contributed by atoms with Gasteiger partial charge in [0.1, 0.15) is 30.3 Å². The first-order chi connectivity index (χ1) is 16.0. The van der Waals surface area contributed by atoms with Gasteiger partial charge in [0.25, 0.3) is 0 Å². The normalized spacial score (nSPS) is 17.2. The van der Waals surface area contributed by atoms with E-state index in [4.69, 9.17) is 19.8 Å².